The summed E-state index contributed by atoms with van der Waals surface area (Å²) in [6.45, 7) is 10.1. The number of hydrogen-bond acceptors (Lipinski definition) is 5. The Bertz CT molecular complexity index is 640. The van der Waals surface area contributed by atoms with Gasteiger partial charge in [-0.2, -0.15) is 0 Å². The average Bonchev–Trinajstić information content (AvgIpc) is 2.63. The van der Waals surface area contributed by atoms with Gasteiger partial charge >= 0.3 is 6.09 Å². The molecule has 2 unspecified atom stereocenters. The summed E-state index contributed by atoms with van der Waals surface area (Å²) in [5.41, 5.74) is -0.859. The van der Waals surface area contributed by atoms with Crippen LogP contribution in [0.15, 0.2) is 12.1 Å². The number of carbonyl (C=O) groups excluding carboxylic acids is 1. The molecule has 1 N–H and O–H groups in total. The van der Waals surface area contributed by atoms with Crippen molar-refractivity contribution in [3.8, 4) is 0 Å². The van der Waals surface area contributed by atoms with Crippen LogP contribution in [0.2, 0.25) is 0 Å². The highest BCUT2D eigenvalue weighted by Gasteiger charge is 2.58. The predicted octanol–water partition coefficient (Wildman–Crippen LogP) is 4.20. The van der Waals surface area contributed by atoms with Gasteiger partial charge in [0.1, 0.15) is 15.1 Å². The smallest absolute Gasteiger partial charge is 0.411 e. The van der Waals surface area contributed by atoms with Gasteiger partial charge in [-0.05, 0) is 95.0 Å². The number of halogens is 1. The van der Waals surface area contributed by atoms with E-state index >= 15 is 0 Å². The van der Waals surface area contributed by atoms with Crippen LogP contribution in [0.1, 0.15) is 60.3 Å². The van der Waals surface area contributed by atoms with E-state index in [-0.39, 0.29) is 23.2 Å². The standard InChI is InChI=1S/C18H27IN4O2/c1-16(2,3)25-15(24)23-17(4)8-9-18(23,5)11-12(10-17)20-14-7-6-13(19)21-22-14/h6-7,12H,8-11H2,1-5H3,(H,20,22). The zero-order valence-electron chi connectivity index (χ0n) is 15.6. The molecule has 2 atom stereocenters. The van der Waals surface area contributed by atoms with Crippen molar-refractivity contribution in [2.24, 2.45) is 0 Å². The van der Waals surface area contributed by atoms with E-state index in [4.69, 9.17) is 4.74 Å². The van der Waals surface area contributed by atoms with Crippen molar-refractivity contribution in [1.29, 1.82) is 0 Å². The molecule has 0 aromatic carbocycles. The second-order valence-electron chi connectivity index (χ2n) is 8.80. The lowest BCUT2D eigenvalue weighted by molar-refractivity contribution is -0.0339. The molecule has 25 heavy (non-hydrogen) atoms. The topological polar surface area (TPSA) is 67.3 Å². The van der Waals surface area contributed by atoms with Crippen molar-refractivity contribution in [2.75, 3.05) is 5.32 Å². The van der Waals surface area contributed by atoms with E-state index in [1.54, 1.807) is 0 Å². The van der Waals surface area contributed by atoms with Gasteiger partial charge in [0.05, 0.1) is 0 Å². The number of amides is 1. The summed E-state index contributed by atoms with van der Waals surface area (Å²) in [6.07, 6.45) is 3.58. The fourth-order valence-electron chi connectivity index (χ4n) is 4.39. The van der Waals surface area contributed by atoms with Crippen LogP contribution in [0.5, 0.6) is 0 Å². The predicted molar refractivity (Wildman–Crippen MR) is 106 cm³/mol. The van der Waals surface area contributed by atoms with Gasteiger partial charge in [-0.1, -0.05) is 0 Å². The van der Waals surface area contributed by atoms with Crippen molar-refractivity contribution in [3.05, 3.63) is 15.8 Å². The molecule has 2 bridgehead atoms. The first kappa shape index (κ1) is 18.7. The second kappa shape index (κ2) is 6.25. The maximum absolute atomic E-state index is 12.8. The number of rotatable bonds is 2. The summed E-state index contributed by atoms with van der Waals surface area (Å²) in [6, 6.07) is 4.18. The molecule has 3 heterocycles. The molecule has 3 rings (SSSR count). The molecule has 0 saturated carbocycles. The molecule has 2 saturated heterocycles. The maximum Gasteiger partial charge on any atom is 0.411 e. The van der Waals surface area contributed by atoms with Gasteiger partial charge in [-0.25, -0.2) is 4.79 Å². The minimum atomic E-state index is -0.477. The number of fused-ring (bicyclic) bond motifs is 2. The zero-order valence-corrected chi connectivity index (χ0v) is 17.8. The van der Waals surface area contributed by atoms with Crippen molar-refractivity contribution < 1.29 is 9.53 Å². The monoisotopic (exact) mass is 458 g/mol. The second-order valence-corrected chi connectivity index (χ2v) is 9.91. The number of piperidine rings is 1. The highest BCUT2D eigenvalue weighted by Crippen LogP contribution is 2.51. The fourth-order valence-corrected chi connectivity index (χ4v) is 4.67. The molecular formula is C18H27IN4O2. The van der Waals surface area contributed by atoms with E-state index in [0.717, 1.165) is 35.2 Å². The third-order valence-corrected chi connectivity index (χ3v) is 5.79. The van der Waals surface area contributed by atoms with Gasteiger partial charge in [-0.15, -0.1) is 10.2 Å². The van der Waals surface area contributed by atoms with Gasteiger partial charge < -0.3 is 10.1 Å². The fraction of sp³-hybridized carbons (Fsp3) is 0.722. The largest absolute Gasteiger partial charge is 0.444 e. The molecule has 1 amide bonds. The number of nitrogens with one attached hydrogen (secondary N) is 1. The third-order valence-electron chi connectivity index (χ3n) is 5.21. The summed E-state index contributed by atoms with van der Waals surface area (Å²) in [7, 11) is 0. The normalized spacial score (nSPS) is 31.8. The van der Waals surface area contributed by atoms with E-state index in [9.17, 15) is 4.79 Å². The molecule has 2 aliphatic heterocycles. The first-order valence-corrected chi connectivity index (χ1v) is 9.88. The lowest BCUT2D eigenvalue weighted by Gasteiger charge is -2.51. The van der Waals surface area contributed by atoms with Crippen LogP contribution in [-0.4, -0.2) is 43.9 Å². The van der Waals surface area contributed by atoms with Gasteiger partial charge in [0.2, 0.25) is 0 Å². The number of hydrogen-bond donors (Lipinski definition) is 1. The highest BCUT2D eigenvalue weighted by molar-refractivity contribution is 14.1. The lowest BCUT2D eigenvalue weighted by atomic mass is 9.82. The summed E-state index contributed by atoms with van der Waals surface area (Å²) < 4.78 is 6.58. The Morgan fingerprint density at radius 1 is 1.24 bits per heavy atom. The van der Waals surface area contributed by atoms with E-state index in [1.165, 1.54) is 0 Å². The van der Waals surface area contributed by atoms with Crippen LogP contribution >= 0.6 is 22.6 Å². The SMILES string of the molecule is CC(C)(C)OC(=O)N1C2(C)CCC1(C)CC(Nc1ccc(I)nn1)C2. The Balaban J connectivity index is 1.77. The molecule has 1 aromatic rings. The van der Waals surface area contributed by atoms with Gasteiger partial charge in [0.15, 0.2) is 0 Å². The van der Waals surface area contributed by atoms with Crippen LogP contribution in [-0.2, 0) is 4.74 Å². The minimum Gasteiger partial charge on any atom is -0.444 e. The summed E-state index contributed by atoms with van der Waals surface area (Å²) in [5, 5.41) is 11.8. The third kappa shape index (κ3) is 3.85. The summed E-state index contributed by atoms with van der Waals surface area (Å²) in [4.78, 5) is 14.9. The number of aromatic nitrogens is 2. The van der Waals surface area contributed by atoms with E-state index in [0.29, 0.717) is 0 Å². The maximum atomic E-state index is 12.8. The molecule has 0 spiro atoms. The Morgan fingerprint density at radius 3 is 2.32 bits per heavy atom. The Morgan fingerprint density at radius 2 is 1.84 bits per heavy atom. The molecule has 0 aliphatic carbocycles. The Labute approximate surface area is 163 Å². The van der Waals surface area contributed by atoms with Gasteiger partial charge in [0, 0.05) is 17.1 Å². The number of ether oxygens (including phenoxy) is 1. The molecule has 0 radical (unpaired) electrons. The van der Waals surface area contributed by atoms with Crippen molar-refractivity contribution in [2.45, 2.75) is 83.0 Å². The zero-order chi connectivity index (χ0) is 18.5. The summed E-state index contributed by atoms with van der Waals surface area (Å²) >= 11 is 2.15. The molecule has 7 heteroatoms. The van der Waals surface area contributed by atoms with Crippen molar-refractivity contribution in [1.82, 2.24) is 15.1 Å². The van der Waals surface area contributed by atoms with Gasteiger partial charge in [0.25, 0.3) is 0 Å². The van der Waals surface area contributed by atoms with Crippen LogP contribution in [0.3, 0.4) is 0 Å². The van der Waals surface area contributed by atoms with E-state index in [2.05, 4.69) is 52.0 Å². The quantitative estimate of drug-likeness (QED) is 0.673. The van der Waals surface area contributed by atoms with Crippen LogP contribution in [0, 0.1) is 3.70 Å². The summed E-state index contributed by atoms with van der Waals surface area (Å²) in [5.74, 6) is 0.794. The van der Waals surface area contributed by atoms with Gasteiger partial charge in [-0.3, -0.25) is 4.90 Å². The first-order valence-electron chi connectivity index (χ1n) is 8.80. The number of carbonyl (C=O) groups is 1. The molecular weight excluding hydrogens is 431 g/mol. The molecule has 2 aliphatic rings. The lowest BCUT2D eigenvalue weighted by Crippen LogP contribution is -2.62. The first-order chi connectivity index (χ1) is 11.5. The molecule has 138 valence electrons. The highest BCUT2D eigenvalue weighted by atomic mass is 127. The Kier molecular flexibility index (Phi) is 4.66. The minimum absolute atomic E-state index is 0.191. The van der Waals surface area contributed by atoms with Crippen LogP contribution in [0.25, 0.3) is 0 Å². The molecule has 6 nitrogen and oxygen atoms in total. The van der Waals surface area contributed by atoms with Crippen LogP contribution < -0.4 is 5.32 Å². The molecule has 1 aromatic heterocycles. The van der Waals surface area contributed by atoms with E-state index < -0.39 is 5.60 Å². The van der Waals surface area contributed by atoms with Crippen molar-refractivity contribution in [3.63, 3.8) is 0 Å². The van der Waals surface area contributed by atoms with E-state index in [1.807, 2.05) is 37.8 Å². The van der Waals surface area contributed by atoms with Crippen LogP contribution in [0.4, 0.5) is 10.6 Å². The Hall–Kier alpha value is -1.12. The average molecular weight is 458 g/mol. The number of nitrogens with zero attached hydrogens (tertiary/aromatic N) is 3. The number of anilines is 1. The van der Waals surface area contributed by atoms with Crippen molar-refractivity contribution >= 4 is 34.5 Å². The molecule has 2 fully saturated rings.